The van der Waals surface area contributed by atoms with Crippen LogP contribution in [0.5, 0.6) is 0 Å². The summed E-state index contributed by atoms with van der Waals surface area (Å²) >= 11 is 12.8. The van der Waals surface area contributed by atoms with Crippen LogP contribution in [0.3, 0.4) is 0 Å². The molecule has 10 nitrogen and oxygen atoms in total. The average Bonchev–Trinajstić information content (AvgIpc) is 3.49. The number of aromatic amines is 1. The van der Waals surface area contributed by atoms with Crippen LogP contribution >= 0.6 is 23.2 Å². The van der Waals surface area contributed by atoms with Gasteiger partial charge in [0, 0.05) is 64.4 Å². The van der Waals surface area contributed by atoms with Crippen LogP contribution in [0.2, 0.25) is 10.0 Å². The summed E-state index contributed by atoms with van der Waals surface area (Å²) in [7, 11) is 0. The first kappa shape index (κ1) is 35.4. The lowest BCUT2D eigenvalue weighted by Crippen LogP contribution is -2.31. The van der Waals surface area contributed by atoms with Gasteiger partial charge in [-0.1, -0.05) is 35.3 Å². The minimum Gasteiger partial charge on any atom is -0.389 e. The van der Waals surface area contributed by atoms with Crippen molar-refractivity contribution in [3.8, 4) is 23.3 Å². The molecule has 2 bridgehead atoms. The molecule has 3 aliphatic heterocycles. The van der Waals surface area contributed by atoms with E-state index >= 15 is 4.39 Å². The number of carbonyl (C=O) groups excluding carboxylic acids is 1. The fraction of sp³-hybridized carbons (Fsp3) is 0.405. The van der Waals surface area contributed by atoms with Crippen molar-refractivity contribution < 1.29 is 9.18 Å². The van der Waals surface area contributed by atoms with Gasteiger partial charge in [-0.15, -0.1) is 0 Å². The van der Waals surface area contributed by atoms with Gasteiger partial charge in [-0.3, -0.25) is 10.6 Å². The number of halogens is 3. The number of hydrogen-bond acceptors (Lipinski definition) is 8. The number of nitriles is 2. The van der Waals surface area contributed by atoms with Crippen LogP contribution in [-0.4, -0.2) is 39.9 Å². The number of aryl methyl sites for hydroxylation is 2. The Morgan fingerprint density at radius 1 is 1.20 bits per heavy atom. The number of rotatable bonds is 6. The molecule has 260 valence electrons. The lowest BCUT2D eigenvalue weighted by molar-refractivity contribution is -0.133. The van der Waals surface area contributed by atoms with Gasteiger partial charge in [0.05, 0.1) is 27.7 Å². The van der Waals surface area contributed by atoms with Crippen molar-refractivity contribution in [1.29, 1.82) is 10.5 Å². The van der Waals surface area contributed by atoms with E-state index in [1.807, 2.05) is 17.9 Å². The first-order valence-electron chi connectivity index (χ1n) is 17.0. The molecular weight excluding hydrogens is 676 g/mol. The Labute approximate surface area is 300 Å². The molecule has 1 amide bonds. The standard InChI is InChI=1S/C29H25Cl2FN4O.C5H9N.C3H6N4/c1-15-19-14-22(23-8-4-12-36(23)29(37)16-9-10-16)35-27(19)20-13-17(5-3-11-33)24(26(32)28(20)34-15)18-6-2-7-21(30)25(18)31;1-4-2-5(1)6-3-4;4-1-3(5)2-7-6/h2,6-7,13-14,16,23,35H,3-5,8-10,12H2,1H3;4-6H,1-3H2;2,7H,5-6H2/b;;3-2-. The summed E-state index contributed by atoms with van der Waals surface area (Å²) < 4.78 is 16.3. The molecule has 7 N–H and O–H groups in total. The number of aromatic nitrogens is 2. The van der Waals surface area contributed by atoms with E-state index in [2.05, 4.69) is 32.8 Å². The van der Waals surface area contributed by atoms with E-state index in [9.17, 15) is 10.1 Å². The molecule has 9 rings (SSSR count). The molecule has 1 unspecified atom stereocenters. The summed E-state index contributed by atoms with van der Waals surface area (Å²) in [5, 5.41) is 22.8. The molecule has 0 radical (unpaired) electrons. The highest BCUT2D eigenvalue weighted by atomic mass is 35.5. The molecule has 2 aromatic carbocycles. The molecular formula is C37H40Cl2FN9O. The largest absolute Gasteiger partial charge is 0.389 e. The van der Waals surface area contributed by atoms with Crippen molar-refractivity contribution in [2.75, 3.05) is 13.1 Å². The van der Waals surface area contributed by atoms with Crippen LogP contribution in [-0.2, 0) is 11.2 Å². The highest BCUT2D eigenvalue weighted by Gasteiger charge is 2.39. The maximum absolute atomic E-state index is 16.3. The van der Waals surface area contributed by atoms with E-state index in [0.717, 1.165) is 60.8 Å². The van der Waals surface area contributed by atoms with E-state index < -0.39 is 5.82 Å². The second-order valence-corrected chi connectivity index (χ2v) is 14.2. The number of H-pyrrole nitrogens is 1. The van der Waals surface area contributed by atoms with Crippen LogP contribution in [0.15, 0.2) is 42.2 Å². The van der Waals surface area contributed by atoms with E-state index in [-0.39, 0.29) is 40.5 Å². The van der Waals surface area contributed by atoms with Crippen molar-refractivity contribution in [1.82, 2.24) is 25.6 Å². The zero-order valence-electron chi connectivity index (χ0n) is 27.8. The fourth-order valence-electron chi connectivity index (χ4n) is 7.19. The van der Waals surface area contributed by atoms with Crippen LogP contribution in [0.4, 0.5) is 4.39 Å². The predicted octanol–water partition coefficient (Wildman–Crippen LogP) is 6.81. The maximum Gasteiger partial charge on any atom is 0.226 e. The van der Waals surface area contributed by atoms with Gasteiger partial charge in [0.1, 0.15) is 17.3 Å². The zero-order chi connectivity index (χ0) is 35.5. The predicted molar refractivity (Wildman–Crippen MR) is 194 cm³/mol. The van der Waals surface area contributed by atoms with E-state index in [4.69, 9.17) is 40.0 Å². The first-order chi connectivity index (χ1) is 24.1. The highest BCUT2D eigenvalue weighted by molar-refractivity contribution is 6.43. The number of fused-ring (bicyclic) bond motifs is 4. The van der Waals surface area contributed by atoms with Gasteiger partial charge in [-0.25, -0.2) is 9.37 Å². The molecule has 5 fully saturated rings. The smallest absolute Gasteiger partial charge is 0.226 e. The SMILES string of the molecule is C1NC2CC1C2.Cc1nc2c(F)c(-c3cccc(Cl)c3Cl)c(CCC#N)cc2c2[nH]c(C3CCCN3C(=O)C3CC3)cc12.N#C/C(N)=C/NN. The third-order valence-corrected chi connectivity index (χ3v) is 10.8. The van der Waals surface area contributed by atoms with Gasteiger partial charge < -0.3 is 26.4 Å². The Balaban J connectivity index is 0.000000277. The third-order valence-electron chi connectivity index (χ3n) is 9.95. The summed E-state index contributed by atoms with van der Waals surface area (Å²) in [6, 6.07) is 13.9. The van der Waals surface area contributed by atoms with Gasteiger partial charge in [0.25, 0.3) is 0 Å². The summed E-state index contributed by atoms with van der Waals surface area (Å²) in [5.74, 6) is 5.76. The molecule has 4 aromatic rings. The van der Waals surface area contributed by atoms with Crippen LogP contribution in [0.1, 0.15) is 67.9 Å². The van der Waals surface area contributed by atoms with Crippen molar-refractivity contribution >= 4 is 50.9 Å². The Hall–Kier alpha value is -4.39. The molecule has 50 heavy (non-hydrogen) atoms. The fourth-order valence-corrected chi connectivity index (χ4v) is 7.59. The molecule has 5 heterocycles. The molecule has 0 spiro atoms. The number of nitrogens with one attached hydrogen (secondary N) is 3. The Bertz CT molecular complexity index is 2030. The number of benzene rings is 2. The van der Waals surface area contributed by atoms with Crippen molar-refractivity contribution in [2.45, 2.75) is 70.4 Å². The second-order valence-electron chi connectivity index (χ2n) is 13.4. The molecule has 2 aliphatic carbocycles. The lowest BCUT2D eigenvalue weighted by atomic mass is 9.87. The summed E-state index contributed by atoms with van der Waals surface area (Å²) in [4.78, 5) is 23.1. The van der Waals surface area contributed by atoms with Crippen LogP contribution in [0, 0.1) is 47.2 Å². The minimum atomic E-state index is -0.484. The maximum atomic E-state index is 16.3. The third kappa shape index (κ3) is 7.24. The minimum absolute atomic E-state index is 0.0117. The van der Waals surface area contributed by atoms with Gasteiger partial charge in [-0.2, -0.15) is 10.5 Å². The molecule has 1 atom stereocenters. The number of nitrogens with zero attached hydrogens (tertiary/aromatic N) is 4. The molecule has 5 aliphatic rings. The monoisotopic (exact) mass is 715 g/mol. The second kappa shape index (κ2) is 15.2. The summed E-state index contributed by atoms with van der Waals surface area (Å²) in [6.07, 6.45) is 8.56. The van der Waals surface area contributed by atoms with Crippen LogP contribution in [0.25, 0.3) is 32.9 Å². The Morgan fingerprint density at radius 2 is 1.98 bits per heavy atom. The topological polar surface area (TPSA) is 173 Å². The van der Waals surface area contributed by atoms with Gasteiger partial charge >= 0.3 is 0 Å². The number of pyridine rings is 1. The number of likely N-dealkylation sites (tertiary alicyclic amines) is 1. The lowest BCUT2D eigenvalue weighted by Gasteiger charge is -2.24. The average molecular weight is 717 g/mol. The van der Waals surface area contributed by atoms with E-state index in [1.54, 1.807) is 24.3 Å². The zero-order valence-corrected chi connectivity index (χ0v) is 29.3. The summed E-state index contributed by atoms with van der Waals surface area (Å²) in [5.41, 5.74) is 11.3. The summed E-state index contributed by atoms with van der Waals surface area (Å²) in [6.45, 7) is 3.95. The molecule has 13 heteroatoms. The van der Waals surface area contributed by atoms with Gasteiger partial charge in [-0.05, 0) is 88.1 Å². The molecule has 3 saturated heterocycles. The molecule has 2 aromatic heterocycles. The number of allylic oxidation sites excluding steroid dienone is 1. The number of amides is 1. The van der Waals surface area contributed by atoms with Crippen molar-refractivity contribution in [3.63, 3.8) is 0 Å². The number of carbonyl (C=O) groups is 1. The Morgan fingerprint density at radius 3 is 2.58 bits per heavy atom. The van der Waals surface area contributed by atoms with Gasteiger partial charge in [0.2, 0.25) is 5.91 Å². The van der Waals surface area contributed by atoms with Crippen molar-refractivity contribution in [2.24, 2.45) is 23.4 Å². The van der Waals surface area contributed by atoms with Crippen molar-refractivity contribution in [3.05, 3.63) is 75.0 Å². The number of hydrazine groups is 1. The normalized spacial score (nSPS) is 20.7. The quantitative estimate of drug-likeness (QED) is 0.0823. The van der Waals surface area contributed by atoms with Crippen LogP contribution < -0.4 is 22.3 Å². The number of nitrogens with two attached hydrogens (primary N) is 2. The number of hydrogen-bond donors (Lipinski definition) is 5. The Kier molecular flexibility index (Phi) is 10.8. The van der Waals surface area contributed by atoms with E-state index in [0.29, 0.717) is 39.2 Å². The molecule has 2 saturated carbocycles. The van der Waals surface area contributed by atoms with E-state index in [1.165, 1.54) is 25.6 Å². The highest BCUT2D eigenvalue weighted by Crippen LogP contribution is 2.43. The van der Waals surface area contributed by atoms with Gasteiger partial charge in [0.15, 0.2) is 5.82 Å². The first-order valence-corrected chi connectivity index (χ1v) is 17.7.